The fourth-order valence-electron chi connectivity index (χ4n) is 9.16. The number of benzene rings is 8. The van der Waals surface area contributed by atoms with Gasteiger partial charge in [-0.2, -0.15) is 0 Å². The molecule has 1 aliphatic rings. The highest BCUT2D eigenvalue weighted by molar-refractivity contribution is 6.10. The molecule has 0 fully saturated rings. The Balaban J connectivity index is 1.03. The van der Waals surface area contributed by atoms with Gasteiger partial charge in [0.25, 0.3) is 0 Å². The lowest BCUT2D eigenvalue weighted by Gasteiger charge is -2.24. The lowest BCUT2D eigenvalue weighted by atomic mass is 9.80. The van der Waals surface area contributed by atoms with Crippen LogP contribution in [0.4, 0.5) is 0 Å². The van der Waals surface area contributed by atoms with Gasteiger partial charge < -0.3 is 4.57 Å². The second-order valence-electron chi connectivity index (χ2n) is 15.8. The van der Waals surface area contributed by atoms with Crippen LogP contribution in [0, 0.1) is 0 Å². The van der Waals surface area contributed by atoms with Crippen molar-refractivity contribution in [3.63, 3.8) is 0 Å². The summed E-state index contributed by atoms with van der Waals surface area (Å²) in [5, 5.41) is 2.50. The number of rotatable bonds is 6. The van der Waals surface area contributed by atoms with Gasteiger partial charge in [-0.25, -0.2) is 9.97 Å². The summed E-state index contributed by atoms with van der Waals surface area (Å²) in [6, 6.07) is 71.9. The van der Waals surface area contributed by atoms with Gasteiger partial charge >= 0.3 is 0 Å². The minimum Gasteiger partial charge on any atom is -0.309 e. The Hall–Kier alpha value is -7.36. The van der Waals surface area contributed by atoms with Crippen LogP contribution in [0.1, 0.15) is 25.0 Å². The fourth-order valence-corrected chi connectivity index (χ4v) is 9.16. The van der Waals surface area contributed by atoms with E-state index < -0.39 is 0 Å². The van der Waals surface area contributed by atoms with Gasteiger partial charge in [0.2, 0.25) is 0 Å². The van der Waals surface area contributed by atoms with Crippen LogP contribution in [0.2, 0.25) is 0 Å². The first-order valence-electron chi connectivity index (χ1n) is 20.0. The summed E-state index contributed by atoms with van der Waals surface area (Å²) < 4.78 is 2.37. The Bertz CT molecular complexity index is 3190. The molecule has 0 amide bonds. The third kappa shape index (κ3) is 5.50. The molecule has 0 unspecified atom stereocenters. The minimum absolute atomic E-state index is 0.274. The van der Waals surface area contributed by atoms with E-state index in [1.807, 2.05) is 0 Å². The quantitative estimate of drug-likeness (QED) is 0.170. The SMILES string of the molecule is CC1(C)c2ccccc2-c2nc(-c3cccc(-c4ccccc4)c3)nc(-c3cccc(-c4cccc(-c5ccc6c(c5)c5ccccc5n6-c5ccccc5)c4)c3)c21. The number of fused-ring (bicyclic) bond motifs is 6. The smallest absolute Gasteiger partial charge is 0.160 e. The Labute approximate surface area is 338 Å². The first-order chi connectivity index (χ1) is 28.5. The van der Waals surface area contributed by atoms with E-state index in [1.165, 1.54) is 55.2 Å². The largest absolute Gasteiger partial charge is 0.309 e. The van der Waals surface area contributed by atoms with Crippen LogP contribution in [0.5, 0.6) is 0 Å². The van der Waals surface area contributed by atoms with Crippen molar-refractivity contribution in [2.75, 3.05) is 0 Å². The molecule has 274 valence electrons. The van der Waals surface area contributed by atoms with Crippen molar-refractivity contribution in [3.05, 3.63) is 211 Å². The van der Waals surface area contributed by atoms with E-state index in [2.05, 4.69) is 219 Å². The van der Waals surface area contributed by atoms with E-state index in [9.17, 15) is 0 Å². The Morgan fingerprint density at radius 2 is 0.897 bits per heavy atom. The Morgan fingerprint density at radius 3 is 1.66 bits per heavy atom. The fraction of sp³-hybridized carbons (Fsp3) is 0.0545. The molecule has 3 nitrogen and oxygen atoms in total. The second-order valence-corrected chi connectivity index (χ2v) is 15.8. The minimum atomic E-state index is -0.274. The number of hydrogen-bond acceptors (Lipinski definition) is 2. The average molecular weight is 742 g/mol. The maximum Gasteiger partial charge on any atom is 0.160 e. The Kier molecular flexibility index (Phi) is 7.84. The summed E-state index contributed by atoms with van der Waals surface area (Å²) >= 11 is 0. The molecule has 2 heterocycles. The molecule has 0 saturated carbocycles. The molecule has 58 heavy (non-hydrogen) atoms. The van der Waals surface area contributed by atoms with Gasteiger partial charge in [0, 0.05) is 44.1 Å². The molecule has 3 heteroatoms. The van der Waals surface area contributed by atoms with Gasteiger partial charge in [0.15, 0.2) is 5.82 Å². The molecule has 0 aliphatic heterocycles. The third-order valence-corrected chi connectivity index (χ3v) is 12.0. The standard InChI is InChI=1S/C55H39N3/c1-55(2)48-28-11-9-27-46(48)53-51(55)52(56-54(57-53)43-23-15-18-37(34-43)36-16-5-3-6-17-36)42-22-14-21-40(33-42)38-19-13-20-39(32-38)41-30-31-50-47(35-41)45-26-10-12-29-49(45)58(50)44-24-7-4-8-25-44/h3-35H,1-2H3. The van der Waals surface area contributed by atoms with Gasteiger partial charge in [-0.3, -0.25) is 0 Å². The molecule has 0 spiro atoms. The van der Waals surface area contributed by atoms with Crippen LogP contribution >= 0.6 is 0 Å². The summed E-state index contributed by atoms with van der Waals surface area (Å²) in [5.74, 6) is 0.732. The summed E-state index contributed by atoms with van der Waals surface area (Å²) in [6.45, 7) is 4.61. The lowest BCUT2D eigenvalue weighted by Crippen LogP contribution is -2.17. The molecule has 0 bridgehead atoms. The summed E-state index contributed by atoms with van der Waals surface area (Å²) in [7, 11) is 0. The van der Waals surface area contributed by atoms with Crippen molar-refractivity contribution >= 4 is 21.8 Å². The van der Waals surface area contributed by atoms with Crippen molar-refractivity contribution in [2.45, 2.75) is 19.3 Å². The summed E-state index contributed by atoms with van der Waals surface area (Å²) in [6.07, 6.45) is 0. The van der Waals surface area contributed by atoms with Crippen LogP contribution in [-0.4, -0.2) is 14.5 Å². The number of para-hydroxylation sites is 2. The van der Waals surface area contributed by atoms with Gasteiger partial charge in [0.05, 0.1) is 22.4 Å². The molecule has 0 N–H and O–H groups in total. The van der Waals surface area contributed by atoms with E-state index in [0.717, 1.165) is 50.7 Å². The molecule has 10 aromatic rings. The van der Waals surface area contributed by atoms with E-state index in [-0.39, 0.29) is 5.41 Å². The van der Waals surface area contributed by atoms with E-state index in [0.29, 0.717) is 0 Å². The van der Waals surface area contributed by atoms with Crippen LogP contribution in [0.25, 0.3) is 94.8 Å². The number of aromatic nitrogens is 3. The monoisotopic (exact) mass is 741 g/mol. The Morgan fingerprint density at radius 1 is 0.379 bits per heavy atom. The first-order valence-corrected chi connectivity index (χ1v) is 20.0. The van der Waals surface area contributed by atoms with Gasteiger partial charge in [0.1, 0.15) is 0 Å². The van der Waals surface area contributed by atoms with E-state index >= 15 is 0 Å². The molecule has 0 radical (unpaired) electrons. The molecule has 0 saturated heterocycles. The highest BCUT2D eigenvalue weighted by Gasteiger charge is 2.40. The maximum atomic E-state index is 5.46. The molecular formula is C55H39N3. The van der Waals surface area contributed by atoms with Gasteiger partial charge in [-0.15, -0.1) is 0 Å². The predicted molar refractivity (Wildman–Crippen MR) is 241 cm³/mol. The molecule has 11 rings (SSSR count). The number of hydrogen-bond donors (Lipinski definition) is 0. The highest BCUT2D eigenvalue weighted by Crippen LogP contribution is 2.51. The van der Waals surface area contributed by atoms with Crippen LogP contribution in [-0.2, 0) is 5.41 Å². The highest BCUT2D eigenvalue weighted by atomic mass is 15.0. The van der Waals surface area contributed by atoms with Crippen molar-refractivity contribution in [1.82, 2.24) is 14.5 Å². The van der Waals surface area contributed by atoms with Crippen LogP contribution < -0.4 is 0 Å². The van der Waals surface area contributed by atoms with Crippen molar-refractivity contribution in [3.8, 4) is 73.0 Å². The predicted octanol–water partition coefficient (Wildman–Crippen LogP) is 14.2. The molecule has 0 atom stereocenters. The van der Waals surface area contributed by atoms with E-state index in [4.69, 9.17) is 9.97 Å². The number of nitrogens with zero attached hydrogens (tertiary/aromatic N) is 3. The molecule has 1 aliphatic carbocycles. The van der Waals surface area contributed by atoms with Gasteiger partial charge in [-0.05, 0) is 87.5 Å². The van der Waals surface area contributed by atoms with E-state index in [1.54, 1.807) is 0 Å². The zero-order chi connectivity index (χ0) is 38.8. The average Bonchev–Trinajstić information content (AvgIpc) is 3.74. The molecule has 8 aromatic carbocycles. The topological polar surface area (TPSA) is 30.7 Å². The van der Waals surface area contributed by atoms with Crippen molar-refractivity contribution in [1.29, 1.82) is 0 Å². The second kappa shape index (κ2) is 13.4. The third-order valence-electron chi connectivity index (χ3n) is 12.0. The summed E-state index contributed by atoms with van der Waals surface area (Å²) in [5.41, 5.74) is 18.0. The maximum absolute atomic E-state index is 5.46. The zero-order valence-electron chi connectivity index (χ0n) is 32.4. The summed E-state index contributed by atoms with van der Waals surface area (Å²) in [4.78, 5) is 10.8. The van der Waals surface area contributed by atoms with Gasteiger partial charge in [-0.1, -0.05) is 166 Å². The van der Waals surface area contributed by atoms with Crippen LogP contribution in [0.15, 0.2) is 200 Å². The molecule has 2 aromatic heterocycles. The lowest BCUT2D eigenvalue weighted by molar-refractivity contribution is 0.658. The normalized spacial score (nSPS) is 12.8. The zero-order valence-corrected chi connectivity index (χ0v) is 32.4. The van der Waals surface area contributed by atoms with Crippen molar-refractivity contribution in [2.24, 2.45) is 0 Å². The molecular weight excluding hydrogens is 703 g/mol. The first kappa shape index (κ1) is 33.9. The van der Waals surface area contributed by atoms with Crippen LogP contribution in [0.3, 0.4) is 0 Å². The van der Waals surface area contributed by atoms with Crippen molar-refractivity contribution < 1.29 is 0 Å².